The molecule has 0 atom stereocenters. The van der Waals surface area contributed by atoms with Crippen molar-refractivity contribution in [3.63, 3.8) is 0 Å². The number of alkyl halides is 2. The van der Waals surface area contributed by atoms with E-state index in [0.717, 1.165) is 0 Å². The van der Waals surface area contributed by atoms with Crippen LogP contribution >= 0.6 is 0 Å². The summed E-state index contributed by atoms with van der Waals surface area (Å²) in [4.78, 5) is 6.65. The number of nitrogens with zero attached hydrogens (tertiary/aromatic N) is 2. The highest BCUT2D eigenvalue weighted by Gasteiger charge is 2.07. The molecule has 1 aromatic carbocycles. The fourth-order valence-corrected chi connectivity index (χ4v) is 1.27. The van der Waals surface area contributed by atoms with Crippen molar-refractivity contribution in [2.45, 2.75) is 6.43 Å². The van der Waals surface area contributed by atoms with E-state index in [0.29, 0.717) is 16.6 Å². The number of H-pyrrole nitrogens is 1. The lowest BCUT2D eigenvalue weighted by atomic mass is 10.2. The summed E-state index contributed by atoms with van der Waals surface area (Å²) in [6.07, 6.45) is -2.54. The van der Waals surface area contributed by atoms with E-state index in [1.54, 1.807) is 18.2 Å². The average molecular weight is 223 g/mol. The van der Waals surface area contributed by atoms with Gasteiger partial charge in [-0.1, -0.05) is 0 Å². The molecule has 82 valence electrons. The Morgan fingerprint density at radius 3 is 3.00 bits per heavy atom. The maximum Gasteiger partial charge on any atom is 0.294 e. The third-order valence-electron chi connectivity index (χ3n) is 1.94. The zero-order valence-corrected chi connectivity index (χ0v) is 8.08. The molecule has 16 heavy (non-hydrogen) atoms. The number of aromatic nitrogens is 2. The molecule has 0 radical (unpaired) electrons. The van der Waals surface area contributed by atoms with E-state index in [9.17, 15) is 8.78 Å². The topological polar surface area (TPSA) is 61.7 Å². The first kappa shape index (κ1) is 10.4. The van der Waals surface area contributed by atoms with E-state index in [1.165, 1.54) is 0 Å². The van der Waals surface area contributed by atoms with Gasteiger partial charge < -0.3 is 9.72 Å². The van der Waals surface area contributed by atoms with Crippen LogP contribution in [0.5, 0.6) is 6.01 Å². The molecule has 0 unspecified atom stereocenters. The standard InChI is InChI=1S/C10H7F2N3O/c11-9(12)5-16-10-14-7-2-1-6(4-13)3-8(7)15-10/h1-3,9H,5H2,(H,14,15). The minimum Gasteiger partial charge on any atom is -0.459 e. The number of imidazole rings is 1. The number of hydrogen-bond acceptors (Lipinski definition) is 3. The van der Waals surface area contributed by atoms with Gasteiger partial charge in [-0.05, 0) is 18.2 Å². The van der Waals surface area contributed by atoms with E-state index in [1.807, 2.05) is 6.07 Å². The van der Waals surface area contributed by atoms with Crippen LogP contribution in [0.4, 0.5) is 8.78 Å². The van der Waals surface area contributed by atoms with E-state index in [-0.39, 0.29) is 6.01 Å². The molecule has 0 fully saturated rings. The Morgan fingerprint density at radius 1 is 1.50 bits per heavy atom. The van der Waals surface area contributed by atoms with Gasteiger partial charge in [-0.3, -0.25) is 0 Å². The third kappa shape index (κ3) is 2.08. The summed E-state index contributed by atoms with van der Waals surface area (Å²) in [7, 11) is 0. The molecule has 0 aliphatic rings. The average Bonchev–Trinajstić information content (AvgIpc) is 2.67. The molecule has 0 saturated carbocycles. The Bertz CT molecular complexity index is 544. The molecule has 4 nitrogen and oxygen atoms in total. The predicted molar refractivity (Wildman–Crippen MR) is 52.3 cm³/mol. The van der Waals surface area contributed by atoms with Crippen molar-refractivity contribution in [3.8, 4) is 12.1 Å². The Labute approximate surface area is 89.5 Å². The SMILES string of the molecule is N#Cc1ccc2nc(OCC(F)F)[nH]c2c1. The number of aromatic amines is 1. The van der Waals surface area contributed by atoms with Crippen LogP contribution < -0.4 is 4.74 Å². The van der Waals surface area contributed by atoms with Gasteiger partial charge in [0.15, 0.2) is 6.61 Å². The molecule has 2 rings (SSSR count). The Balaban J connectivity index is 2.26. The van der Waals surface area contributed by atoms with Crippen LogP contribution in [0.2, 0.25) is 0 Å². The first-order valence-electron chi connectivity index (χ1n) is 4.50. The second-order valence-electron chi connectivity index (χ2n) is 3.09. The van der Waals surface area contributed by atoms with Gasteiger partial charge in [-0.2, -0.15) is 10.2 Å². The molecule has 1 heterocycles. The molecule has 1 N–H and O–H groups in total. The Kier molecular flexibility index (Phi) is 2.68. The van der Waals surface area contributed by atoms with Crippen LogP contribution in [-0.4, -0.2) is 23.0 Å². The third-order valence-corrected chi connectivity index (χ3v) is 1.94. The molecule has 2 aromatic rings. The lowest BCUT2D eigenvalue weighted by Gasteiger charge is -1.99. The van der Waals surface area contributed by atoms with Gasteiger partial charge in [-0.15, -0.1) is 0 Å². The zero-order valence-electron chi connectivity index (χ0n) is 8.08. The summed E-state index contributed by atoms with van der Waals surface area (Å²) in [6, 6.07) is 6.81. The van der Waals surface area contributed by atoms with Gasteiger partial charge >= 0.3 is 0 Å². The smallest absolute Gasteiger partial charge is 0.294 e. The molecule has 0 amide bonds. The maximum absolute atomic E-state index is 11.9. The quantitative estimate of drug-likeness (QED) is 0.866. The van der Waals surface area contributed by atoms with E-state index in [4.69, 9.17) is 10.00 Å². The van der Waals surface area contributed by atoms with Crippen molar-refractivity contribution in [3.05, 3.63) is 23.8 Å². The van der Waals surface area contributed by atoms with Gasteiger partial charge in [0.25, 0.3) is 12.4 Å². The summed E-state index contributed by atoms with van der Waals surface area (Å²) < 4.78 is 28.5. The lowest BCUT2D eigenvalue weighted by Crippen LogP contribution is -2.07. The summed E-state index contributed by atoms with van der Waals surface area (Å²) >= 11 is 0. The zero-order chi connectivity index (χ0) is 11.5. The molecule has 0 spiro atoms. The van der Waals surface area contributed by atoms with Crippen molar-refractivity contribution in [2.75, 3.05) is 6.61 Å². The fourth-order valence-electron chi connectivity index (χ4n) is 1.27. The largest absolute Gasteiger partial charge is 0.459 e. The van der Waals surface area contributed by atoms with Crippen LogP contribution in [0.15, 0.2) is 18.2 Å². The second-order valence-corrected chi connectivity index (χ2v) is 3.09. The van der Waals surface area contributed by atoms with Crippen molar-refractivity contribution in [1.29, 1.82) is 5.26 Å². The number of benzene rings is 1. The van der Waals surface area contributed by atoms with Crippen molar-refractivity contribution < 1.29 is 13.5 Å². The normalized spacial score (nSPS) is 10.6. The highest BCUT2D eigenvalue weighted by Crippen LogP contribution is 2.17. The molecular formula is C10H7F2N3O. The van der Waals surface area contributed by atoms with Crippen molar-refractivity contribution >= 4 is 11.0 Å². The number of ether oxygens (including phenoxy) is 1. The monoisotopic (exact) mass is 223 g/mol. The van der Waals surface area contributed by atoms with Gasteiger partial charge in [0.05, 0.1) is 22.7 Å². The summed E-state index contributed by atoms with van der Waals surface area (Å²) in [5, 5.41) is 8.67. The Morgan fingerprint density at radius 2 is 2.31 bits per heavy atom. The number of nitriles is 1. The fraction of sp³-hybridized carbons (Fsp3) is 0.200. The van der Waals surface area contributed by atoms with Crippen molar-refractivity contribution in [2.24, 2.45) is 0 Å². The highest BCUT2D eigenvalue weighted by atomic mass is 19.3. The number of fused-ring (bicyclic) bond motifs is 1. The van der Waals surface area contributed by atoms with E-state index < -0.39 is 13.0 Å². The molecule has 0 aliphatic heterocycles. The highest BCUT2D eigenvalue weighted by molar-refractivity contribution is 5.77. The summed E-state index contributed by atoms with van der Waals surface area (Å²) in [6.45, 7) is -0.703. The van der Waals surface area contributed by atoms with Crippen LogP contribution in [0.1, 0.15) is 5.56 Å². The van der Waals surface area contributed by atoms with Crippen LogP contribution in [0.25, 0.3) is 11.0 Å². The summed E-state index contributed by atoms with van der Waals surface area (Å²) in [5.41, 5.74) is 1.63. The Hall–Kier alpha value is -2.16. The van der Waals surface area contributed by atoms with Gasteiger partial charge in [0.2, 0.25) is 0 Å². The lowest BCUT2D eigenvalue weighted by molar-refractivity contribution is 0.0777. The minimum absolute atomic E-state index is 0.0328. The van der Waals surface area contributed by atoms with Gasteiger partial charge in [0, 0.05) is 0 Å². The van der Waals surface area contributed by atoms with Crippen LogP contribution in [-0.2, 0) is 0 Å². The number of halogens is 2. The van der Waals surface area contributed by atoms with Crippen LogP contribution in [0.3, 0.4) is 0 Å². The maximum atomic E-state index is 11.9. The van der Waals surface area contributed by atoms with Gasteiger partial charge in [-0.25, -0.2) is 8.78 Å². The first-order valence-corrected chi connectivity index (χ1v) is 4.50. The molecule has 0 saturated heterocycles. The molecule has 1 aromatic heterocycles. The number of nitrogens with one attached hydrogen (secondary N) is 1. The molecule has 0 bridgehead atoms. The second kappa shape index (κ2) is 4.14. The van der Waals surface area contributed by atoms with E-state index >= 15 is 0 Å². The van der Waals surface area contributed by atoms with E-state index in [2.05, 4.69) is 9.97 Å². The number of rotatable bonds is 3. The van der Waals surface area contributed by atoms with Gasteiger partial charge in [0.1, 0.15) is 0 Å². The first-order chi connectivity index (χ1) is 7.69. The van der Waals surface area contributed by atoms with Crippen molar-refractivity contribution in [1.82, 2.24) is 9.97 Å². The van der Waals surface area contributed by atoms with Crippen LogP contribution in [0, 0.1) is 11.3 Å². The minimum atomic E-state index is -2.54. The molecular weight excluding hydrogens is 216 g/mol. The number of hydrogen-bond donors (Lipinski definition) is 1. The molecule has 6 heteroatoms. The predicted octanol–water partition coefficient (Wildman–Crippen LogP) is 2.08. The molecule has 0 aliphatic carbocycles. The summed E-state index contributed by atoms with van der Waals surface area (Å²) in [5.74, 6) is 0.